The van der Waals surface area contributed by atoms with E-state index in [-0.39, 0.29) is 0 Å². The second-order valence-electron chi connectivity index (χ2n) is 3.10. The molecule has 0 aromatic carbocycles. The predicted molar refractivity (Wildman–Crippen MR) is 63.3 cm³/mol. The zero-order valence-electron chi connectivity index (χ0n) is 8.59. The molecule has 3 N–H and O–H groups in total. The van der Waals surface area contributed by atoms with Crippen LogP contribution in [0.3, 0.4) is 0 Å². The minimum absolute atomic E-state index is 0.493. The molecule has 0 fully saturated rings. The Morgan fingerprint density at radius 3 is 2.92 bits per heavy atom. The molecule has 0 saturated carbocycles. The summed E-state index contributed by atoms with van der Waals surface area (Å²) in [4.78, 5) is 0. The van der Waals surface area contributed by atoms with Crippen LogP contribution in [0.2, 0.25) is 0 Å². The summed E-state index contributed by atoms with van der Waals surface area (Å²) in [7, 11) is 0. The van der Waals surface area contributed by atoms with E-state index in [1.165, 1.54) is 18.6 Å². The van der Waals surface area contributed by atoms with Gasteiger partial charge in [0.2, 0.25) is 0 Å². The molecule has 0 aliphatic carbocycles. The Bertz CT molecular complexity index is 117. The van der Waals surface area contributed by atoms with Crippen molar-refractivity contribution >= 4 is 11.8 Å². The van der Waals surface area contributed by atoms with Crippen LogP contribution in [0.1, 0.15) is 19.3 Å². The van der Waals surface area contributed by atoms with E-state index in [0.717, 1.165) is 19.5 Å². The smallest absolute Gasteiger partial charge is 0.0190 e. The Labute approximate surface area is 86.3 Å². The molecule has 1 unspecified atom stereocenters. The minimum atomic E-state index is 0.493. The van der Waals surface area contributed by atoms with Crippen LogP contribution in [0.15, 0.2) is 12.7 Å². The number of rotatable bonds is 9. The highest BCUT2D eigenvalue weighted by Gasteiger charge is 2.03. The molecule has 0 heterocycles. The van der Waals surface area contributed by atoms with Gasteiger partial charge >= 0.3 is 0 Å². The molecule has 2 nitrogen and oxygen atoms in total. The molecular formula is C10H22N2S. The molecule has 0 bridgehead atoms. The van der Waals surface area contributed by atoms with E-state index in [9.17, 15) is 0 Å². The topological polar surface area (TPSA) is 38.0 Å². The van der Waals surface area contributed by atoms with Crippen molar-refractivity contribution in [3.63, 3.8) is 0 Å². The SMILES string of the molecule is C=CCCNC(CN)CCCSC. The van der Waals surface area contributed by atoms with Crippen molar-refractivity contribution in [1.82, 2.24) is 5.32 Å². The third kappa shape index (κ3) is 8.34. The molecule has 0 aromatic rings. The first-order valence-corrected chi connectivity index (χ1v) is 6.27. The normalized spacial score (nSPS) is 12.8. The lowest BCUT2D eigenvalue weighted by Gasteiger charge is -2.15. The first-order valence-electron chi connectivity index (χ1n) is 4.88. The summed E-state index contributed by atoms with van der Waals surface area (Å²) in [5.74, 6) is 1.24. The fourth-order valence-corrected chi connectivity index (χ4v) is 1.62. The number of nitrogens with two attached hydrogens (primary N) is 1. The molecule has 0 aliphatic rings. The summed E-state index contributed by atoms with van der Waals surface area (Å²) < 4.78 is 0. The molecular weight excluding hydrogens is 180 g/mol. The second kappa shape index (κ2) is 10.1. The van der Waals surface area contributed by atoms with Crippen molar-refractivity contribution in [2.75, 3.05) is 25.1 Å². The third-order valence-corrected chi connectivity index (χ3v) is 2.66. The maximum atomic E-state index is 5.64. The van der Waals surface area contributed by atoms with Gasteiger partial charge < -0.3 is 11.1 Å². The highest BCUT2D eigenvalue weighted by Crippen LogP contribution is 2.02. The zero-order valence-corrected chi connectivity index (χ0v) is 9.41. The average molecular weight is 202 g/mol. The van der Waals surface area contributed by atoms with Crippen molar-refractivity contribution in [3.8, 4) is 0 Å². The lowest BCUT2D eigenvalue weighted by Crippen LogP contribution is -2.36. The first-order chi connectivity index (χ1) is 6.35. The third-order valence-electron chi connectivity index (χ3n) is 1.97. The molecule has 0 amide bonds. The van der Waals surface area contributed by atoms with Crippen molar-refractivity contribution in [2.24, 2.45) is 5.73 Å². The molecule has 0 saturated heterocycles. The largest absolute Gasteiger partial charge is 0.329 e. The fourth-order valence-electron chi connectivity index (χ4n) is 1.17. The van der Waals surface area contributed by atoms with Gasteiger partial charge in [0, 0.05) is 12.6 Å². The van der Waals surface area contributed by atoms with E-state index in [2.05, 4.69) is 18.2 Å². The summed E-state index contributed by atoms with van der Waals surface area (Å²) >= 11 is 1.90. The van der Waals surface area contributed by atoms with Gasteiger partial charge in [-0.05, 0) is 37.8 Å². The van der Waals surface area contributed by atoms with Crippen molar-refractivity contribution in [1.29, 1.82) is 0 Å². The first kappa shape index (κ1) is 13.0. The minimum Gasteiger partial charge on any atom is -0.329 e. The molecule has 0 rings (SSSR count). The molecule has 1 atom stereocenters. The monoisotopic (exact) mass is 202 g/mol. The standard InChI is InChI=1S/C10H22N2S/c1-3-4-7-12-10(9-11)6-5-8-13-2/h3,10,12H,1,4-9,11H2,2H3. The summed E-state index contributed by atoms with van der Waals surface area (Å²) in [6, 6.07) is 0.493. The fraction of sp³-hybridized carbons (Fsp3) is 0.800. The van der Waals surface area contributed by atoms with Crippen molar-refractivity contribution in [2.45, 2.75) is 25.3 Å². The Morgan fingerprint density at radius 1 is 1.62 bits per heavy atom. The molecule has 0 spiro atoms. The van der Waals surface area contributed by atoms with Gasteiger partial charge in [-0.3, -0.25) is 0 Å². The Morgan fingerprint density at radius 2 is 2.38 bits per heavy atom. The lowest BCUT2D eigenvalue weighted by molar-refractivity contribution is 0.489. The van der Waals surface area contributed by atoms with Crippen LogP contribution in [0.4, 0.5) is 0 Å². The predicted octanol–water partition coefficient (Wildman–Crippen LogP) is 1.62. The Kier molecular flexibility index (Phi) is 10.1. The Hall–Kier alpha value is 0.0100. The summed E-state index contributed by atoms with van der Waals surface area (Å²) in [6.07, 6.45) is 7.54. The summed E-state index contributed by atoms with van der Waals surface area (Å²) in [5.41, 5.74) is 5.64. The van der Waals surface area contributed by atoms with Crippen LogP contribution >= 0.6 is 11.8 Å². The van der Waals surface area contributed by atoms with Gasteiger partial charge in [-0.15, -0.1) is 6.58 Å². The van der Waals surface area contributed by atoms with Crippen LogP contribution in [0, 0.1) is 0 Å². The van der Waals surface area contributed by atoms with Crippen LogP contribution in [0.5, 0.6) is 0 Å². The molecule has 0 aliphatic heterocycles. The van der Waals surface area contributed by atoms with Crippen molar-refractivity contribution < 1.29 is 0 Å². The van der Waals surface area contributed by atoms with Gasteiger partial charge in [-0.2, -0.15) is 11.8 Å². The highest BCUT2D eigenvalue weighted by atomic mass is 32.2. The van der Waals surface area contributed by atoms with Crippen LogP contribution in [-0.4, -0.2) is 31.1 Å². The average Bonchev–Trinajstić information content (AvgIpc) is 2.16. The zero-order chi connectivity index (χ0) is 9.94. The van der Waals surface area contributed by atoms with E-state index >= 15 is 0 Å². The van der Waals surface area contributed by atoms with Gasteiger partial charge in [-0.1, -0.05) is 6.08 Å². The maximum Gasteiger partial charge on any atom is 0.0190 e. The van der Waals surface area contributed by atoms with E-state index in [1.807, 2.05) is 17.8 Å². The van der Waals surface area contributed by atoms with Crippen LogP contribution in [-0.2, 0) is 0 Å². The second-order valence-corrected chi connectivity index (χ2v) is 4.08. The number of hydrogen-bond acceptors (Lipinski definition) is 3. The quantitative estimate of drug-likeness (QED) is 0.441. The van der Waals surface area contributed by atoms with Crippen LogP contribution < -0.4 is 11.1 Å². The van der Waals surface area contributed by atoms with E-state index in [0.29, 0.717) is 6.04 Å². The highest BCUT2D eigenvalue weighted by molar-refractivity contribution is 7.98. The van der Waals surface area contributed by atoms with Gasteiger partial charge in [0.1, 0.15) is 0 Å². The summed E-state index contributed by atoms with van der Waals surface area (Å²) in [6.45, 7) is 5.43. The van der Waals surface area contributed by atoms with E-state index in [1.54, 1.807) is 0 Å². The van der Waals surface area contributed by atoms with E-state index in [4.69, 9.17) is 5.73 Å². The number of thioether (sulfide) groups is 1. The van der Waals surface area contributed by atoms with Gasteiger partial charge in [0.05, 0.1) is 0 Å². The van der Waals surface area contributed by atoms with Crippen molar-refractivity contribution in [3.05, 3.63) is 12.7 Å². The molecule has 78 valence electrons. The maximum absolute atomic E-state index is 5.64. The number of nitrogens with one attached hydrogen (secondary N) is 1. The summed E-state index contributed by atoms with van der Waals surface area (Å²) in [5, 5.41) is 3.42. The Balaban J connectivity index is 3.33. The lowest BCUT2D eigenvalue weighted by atomic mass is 10.1. The van der Waals surface area contributed by atoms with Gasteiger partial charge in [0.15, 0.2) is 0 Å². The van der Waals surface area contributed by atoms with Crippen LogP contribution in [0.25, 0.3) is 0 Å². The van der Waals surface area contributed by atoms with E-state index < -0.39 is 0 Å². The van der Waals surface area contributed by atoms with Gasteiger partial charge in [-0.25, -0.2) is 0 Å². The number of hydrogen-bond donors (Lipinski definition) is 2. The molecule has 0 aromatic heterocycles. The van der Waals surface area contributed by atoms with Gasteiger partial charge in [0.25, 0.3) is 0 Å². The molecule has 3 heteroatoms. The molecule has 0 radical (unpaired) electrons. The molecule has 13 heavy (non-hydrogen) atoms.